The number of nitrogens with one attached hydrogen (secondary N) is 1. The largest absolute Gasteiger partial charge is 0.299 e. The molecule has 1 N–H and O–H groups in total. The zero-order chi connectivity index (χ0) is 19.1. The summed E-state index contributed by atoms with van der Waals surface area (Å²) in [7, 11) is 0. The van der Waals surface area contributed by atoms with Gasteiger partial charge in [-0.05, 0) is 48.5 Å². The first kappa shape index (κ1) is 21.5. The van der Waals surface area contributed by atoms with Crippen molar-refractivity contribution in [1.29, 1.82) is 0 Å². The molecule has 0 fully saturated rings. The number of aromatic nitrogens is 4. The second-order valence-corrected chi connectivity index (χ2v) is 6.45. The lowest BCUT2D eigenvalue weighted by Gasteiger charge is -2.07. The molecule has 0 spiro atoms. The molecule has 5 aromatic rings. The first-order valence-electron chi connectivity index (χ1n) is 8.72. The van der Waals surface area contributed by atoms with Gasteiger partial charge in [0, 0.05) is 34.6 Å². The summed E-state index contributed by atoms with van der Waals surface area (Å²) in [6.45, 7) is 0. The third-order valence-corrected chi connectivity index (χ3v) is 4.70. The molecule has 3 aromatic heterocycles. The molecule has 30 heavy (non-hydrogen) atoms. The second-order valence-electron chi connectivity index (χ2n) is 6.45. The number of imidazole rings is 1. The number of rotatable bonds is 3. The molecule has 0 aliphatic rings. The molecule has 0 aliphatic heterocycles. The van der Waals surface area contributed by atoms with Crippen molar-refractivity contribution in [2.24, 2.45) is 0 Å². The molecule has 0 radical (unpaired) electrons. The minimum absolute atomic E-state index is 0. The highest BCUT2D eigenvalue weighted by Gasteiger charge is 2.13. The van der Waals surface area contributed by atoms with Gasteiger partial charge in [-0.2, -0.15) is 5.10 Å². The third kappa shape index (κ3) is 3.79. The standard InChI is InChI=1S/C22H14F2N4.2ClH/c23-17-7-4-14(5-8-17)22-19(11-26-27-22)16-6-9-21-25-12-20(28(21)13-16)15-2-1-3-18(24)10-15;;/h1-13H,(H,26,27);2*1H. The van der Waals surface area contributed by atoms with Crippen LogP contribution in [0.1, 0.15) is 0 Å². The van der Waals surface area contributed by atoms with Crippen molar-refractivity contribution >= 4 is 30.5 Å². The smallest absolute Gasteiger partial charge is 0.137 e. The van der Waals surface area contributed by atoms with E-state index in [-0.39, 0.29) is 36.4 Å². The van der Waals surface area contributed by atoms with Crippen molar-refractivity contribution in [1.82, 2.24) is 19.6 Å². The van der Waals surface area contributed by atoms with Gasteiger partial charge in [0.25, 0.3) is 0 Å². The highest BCUT2D eigenvalue weighted by atomic mass is 35.5. The van der Waals surface area contributed by atoms with Crippen LogP contribution >= 0.6 is 24.8 Å². The minimum atomic E-state index is -0.294. The molecule has 2 aromatic carbocycles. The lowest BCUT2D eigenvalue weighted by Crippen LogP contribution is -1.91. The highest BCUT2D eigenvalue weighted by Crippen LogP contribution is 2.31. The summed E-state index contributed by atoms with van der Waals surface area (Å²) in [4.78, 5) is 4.41. The molecule has 4 nitrogen and oxygen atoms in total. The Morgan fingerprint density at radius 3 is 2.33 bits per heavy atom. The summed E-state index contributed by atoms with van der Waals surface area (Å²) in [5, 5.41) is 7.22. The molecule has 0 saturated heterocycles. The number of hydrogen-bond acceptors (Lipinski definition) is 2. The van der Waals surface area contributed by atoms with Crippen LogP contribution < -0.4 is 0 Å². The molecule has 0 atom stereocenters. The van der Waals surface area contributed by atoms with Gasteiger partial charge in [-0.3, -0.25) is 9.50 Å². The fourth-order valence-corrected chi connectivity index (χ4v) is 3.34. The van der Waals surface area contributed by atoms with E-state index in [2.05, 4.69) is 15.2 Å². The van der Waals surface area contributed by atoms with E-state index in [1.807, 2.05) is 28.8 Å². The Hall–Kier alpha value is -3.22. The molecule has 0 saturated carbocycles. The average molecular weight is 445 g/mol. The van der Waals surface area contributed by atoms with Crippen LogP contribution in [0, 0.1) is 11.6 Å². The number of nitrogens with zero attached hydrogens (tertiary/aromatic N) is 3. The first-order chi connectivity index (χ1) is 13.7. The normalized spacial score (nSPS) is 10.5. The van der Waals surface area contributed by atoms with E-state index >= 15 is 0 Å². The summed E-state index contributed by atoms with van der Waals surface area (Å²) in [6, 6.07) is 16.5. The summed E-state index contributed by atoms with van der Waals surface area (Å²) >= 11 is 0. The van der Waals surface area contributed by atoms with Crippen molar-refractivity contribution in [2.75, 3.05) is 0 Å². The van der Waals surface area contributed by atoms with Gasteiger partial charge in [0.05, 0.1) is 17.6 Å². The highest BCUT2D eigenvalue weighted by molar-refractivity contribution is 5.85. The van der Waals surface area contributed by atoms with Gasteiger partial charge in [-0.25, -0.2) is 13.8 Å². The molecule has 3 heterocycles. The maximum atomic E-state index is 13.7. The number of benzene rings is 2. The van der Waals surface area contributed by atoms with Crippen molar-refractivity contribution in [3.8, 4) is 33.6 Å². The van der Waals surface area contributed by atoms with Gasteiger partial charge < -0.3 is 0 Å². The monoisotopic (exact) mass is 444 g/mol. The Morgan fingerprint density at radius 1 is 0.800 bits per heavy atom. The SMILES string of the molecule is Cl.Cl.Fc1ccc(-c2n[nH]cc2-c2ccc3ncc(-c4cccc(F)c4)n3c2)cc1. The lowest BCUT2D eigenvalue weighted by atomic mass is 10.0. The number of pyridine rings is 1. The van der Waals surface area contributed by atoms with Gasteiger partial charge in [0.1, 0.15) is 17.3 Å². The topological polar surface area (TPSA) is 46.0 Å². The van der Waals surface area contributed by atoms with Crippen LogP contribution in [0.4, 0.5) is 8.78 Å². The van der Waals surface area contributed by atoms with Crippen molar-refractivity contribution < 1.29 is 8.78 Å². The van der Waals surface area contributed by atoms with Crippen LogP contribution in [-0.4, -0.2) is 19.6 Å². The van der Waals surface area contributed by atoms with Crippen LogP contribution in [0.25, 0.3) is 39.3 Å². The molecule has 0 aliphatic carbocycles. The Labute approximate surface area is 183 Å². The number of halogens is 4. The Kier molecular flexibility index (Phi) is 6.20. The zero-order valence-corrected chi connectivity index (χ0v) is 17.1. The third-order valence-electron chi connectivity index (χ3n) is 4.70. The molecular formula is C22H16Cl2F2N4. The lowest BCUT2D eigenvalue weighted by molar-refractivity contribution is 0.627. The fourth-order valence-electron chi connectivity index (χ4n) is 3.34. The maximum absolute atomic E-state index is 13.7. The summed E-state index contributed by atoms with van der Waals surface area (Å²) < 4.78 is 28.8. The quantitative estimate of drug-likeness (QED) is 0.361. The van der Waals surface area contributed by atoms with Crippen LogP contribution in [0.15, 0.2) is 79.3 Å². The second kappa shape index (κ2) is 8.65. The van der Waals surface area contributed by atoms with Crippen molar-refractivity contribution in [3.63, 3.8) is 0 Å². The number of fused-ring (bicyclic) bond motifs is 1. The van der Waals surface area contributed by atoms with Crippen LogP contribution in [0.2, 0.25) is 0 Å². The molecule has 0 bridgehead atoms. The van der Waals surface area contributed by atoms with E-state index < -0.39 is 0 Å². The van der Waals surface area contributed by atoms with E-state index in [4.69, 9.17) is 0 Å². The number of aromatic amines is 1. The Bertz CT molecular complexity index is 1300. The predicted octanol–water partition coefficient (Wildman–Crippen LogP) is 6.18. The maximum Gasteiger partial charge on any atom is 0.137 e. The molecule has 5 rings (SSSR count). The Morgan fingerprint density at radius 2 is 1.57 bits per heavy atom. The molecule has 0 unspecified atom stereocenters. The van der Waals surface area contributed by atoms with Gasteiger partial charge in [-0.1, -0.05) is 12.1 Å². The Balaban J connectivity index is 0.00000128. The van der Waals surface area contributed by atoms with Crippen molar-refractivity contribution in [2.45, 2.75) is 0 Å². The van der Waals surface area contributed by atoms with E-state index in [0.29, 0.717) is 0 Å². The summed E-state index contributed by atoms with van der Waals surface area (Å²) in [5.74, 6) is -0.586. The number of hydrogen-bond donors (Lipinski definition) is 1. The molecule has 152 valence electrons. The van der Waals surface area contributed by atoms with Crippen LogP contribution in [0.5, 0.6) is 0 Å². The average Bonchev–Trinajstić information content (AvgIpc) is 3.35. The van der Waals surface area contributed by atoms with Gasteiger partial charge in [0.15, 0.2) is 0 Å². The fraction of sp³-hybridized carbons (Fsp3) is 0. The van der Waals surface area contributed by atoms with E-state index in [0.717, 1.165) is 39.3 Å². The molecular weight excluding hydrogens is 429 g/mol. The first-order valence-corrected chi connectivity index (χ1v) is 8.72. The van der Waals surface area contributed by atoms with E-state index in [1.165, 1.54) is 24.3 Å². The van der Waals surface area contributed by atoms with Crippen LogP contribution in [-0.2, 0) is 0 Å². The minimum Gasteiger partial charge on any atom is -0.299 e. The molecule has 0 amide bonds. The predicted molar refractivity (Wildman–Crippen MR) is 118 cm³/mol. The van der Waals surface area contributed by atoms with Gasteiger partial charge >= 0.3 is 0 Å². The van der Waals surface area contributed by atoms with E-state index in [9.17, 15) is 8.78 Å². The summed E-state index contributed by atoms with van der Waals surface area (Å²) in [6.07, 6.45) is 5.48. The molecule has 8 heteroatoms. The van der Waals surface area contributed by atoms with E-state index in [1.54, 1.807) is 30.6 Å². The van der Waals surface area contributed by atoms with Gasteiger partial charge in [-0.15, -0.1) is 24.8 Å². The summed E-state index contributed by atoms with van der Waals surface area (Å²) in [5.41, 5.74) is 5.64. The number of H-pyrrole nitrogens is 1. The van der Waals surface area contributed by atoms with Gasteiger partial charge in [0.2, 0.25) is 0 Å². The van der Waals surface area contributed by atoms with Crippen LogP contribution in [0.3, 0.4) is 0 Å². The zero-order valence-electron chi connectivity index (χ0n) is 15.4. The van der Waals surface area contributed by atoms with Crippen molar-refractivity contribution in [3.05, 3.63) is 90.9 Å².